The molecule has 0 aliphatic heterocycles. The summed E-state index contributed by atoms with van der Waals surface area (Å²) in [5.74, 6) is -0.337. The van der Waals surface area contributed by atoms with Crippen molar-refractivity contribution in [3.63, 3.8) is 0 Å². The summed E-state index contributed by atoms with van der Waals surface area (Å²) in [7, 11) is 0. The van der Waals surface area contributed by atoms with Gasteiger partial charge in [-0.3, -0.25) is 4.79 Å². The summed E-state index contributed by atoms with van der Waals surface area (Å²) in [4.78, 5) is 13.1. The Bertz CT molecular complexity index is 681. The van der Waals surface area contributed by atoms with E-state index in [1.54, 1.807) is 11.3 Å². The zero-order valence-corrected chi connectivity index (χ0v) is 13.2. The molecular weight excluding hydrogens is 304 g/mol. The van der Waals surface area contributed by atoms with Gasteiger partial charge in [0.25, 0.3) is 5.91 Å². The Labute approximate surface area is 133 Å². The van der Waals surface area contributed by atoms with E-state index in [0.29, 0.717) is 12.1 Å². The highest BCUT2D eigenvalue weighted by Crippen LogP contribution is 2.38. The van der Waals surface area contributed by atoms with E-state index in [1.165, 1.54) is 11.3 Å². The number of halogens is 1. The number of aryl methyl sites for hydroxylation is 1. The molecule has 5 heteroatoms. The maximum Gasteiger partial charge on any atom is 0.251 e. The lowest BCUT2D eigenvalue weighted by atomic mass is 9.95. The Morgan fingerprint density at radius 3 is 2.81 bits per heavy atom. The fourth-order valence-electron chi connectivity index (χ4n) is 2.77. The number of nitrogens with one attached hydrogen (secondary N) is 1. The third kappa shape index (κ3) is 2.92. The van der Waals surface area contributed by atoms with E-state index in [4.69, 9.17) is 17.3 Å². The van der Waals surface area contributed by atoms with Crippen LogP contribution in [0.1, 0.15) is 39.2 Å². The topological polar surface area (TPSA) is 55.1 Å². The van der Waals surface area contributed by atoms with Gasteiger partial charge in [-0.1, -0.05) is 29.8 Å². The third-order valence-electron chi connectivity index (χ3n) is 3.81. The second-order valence-electron chi connectivity index (χ2n) is 5.22. The van der Waals surface area contributed by atoms with Gasteiger partial charge in [-0.15, -0.1) is 11.3 Å². The van der Waals surface area contributed by atoms with Crippen LogP contribution in [0.15, 0.2) is 24.3 Å². The van der Waals surface area contributed by atoms with Gasteiger partial charge in [-0.25, -0.2) is 0 Å². The molecule has 1 aromatic heterocycles. The van der Waals surface area contributed by atoms with E-state index in [0.717, 1.165) is 40.4 Å². The summed E-state index contributed by atoms with van der Waals surface area (Å²) in [6.07, 6.45) is 4.33. The van der Waals surface area contributed by atoms with Crippen LogP contribution in [0.2, 0.25) is 5.02 Å². The van der Waals surface area contributed by atoms with E-state index in [-0.39, 0.29) is 5.91 Å². The number of hydrogen-bond donors (Lipinski definition) is 2. The van der Waals surface area contributed by atoms with Crippen molar-refractivity contribution < 1.29 is 4.79 Å². The molecule has 1 aromatic carbocycles. The van der Waals surface area contributed by atoms with Gasteiger partial charge in [0.15, 0.2) is 0 Å². The van der Waals surface area contributed by atoms with Gasteiger partial charge in [-0.2, -0.15) is 0 Å². The van der Waals surface area contributed by atoms with Gasteiger partial charge in [0.05, 0.1) is 5.56 Å². The molecule has 1 aliphatic carbocycles. The highest BCUT2D eigenvalue weighted by atomic mass is 35.5. The smallest absolute Gasteiger partial charge is 0.251 e. The van der Waals surface area contributed by atoms with Crippen molar-refractivity contribution >= 4 is 33.8 Å². The standard InChI is InChI=1S/C16H17ClN2OS/c17-12-7-3-1-5-10(12)9-19-16-14(15(18)20)11-6-2-4-8-13(11)21-16/h1,3,5,7,19H,2,4,6,8-9H2,(H2,18,20). The quantitative estimate of drug-likeness (QED) is 0.895. The van der Waals surface area contributed by atoms with Crippen LogP contribution < -0.4 is 11.1 Å². The number of primary amides is 1. The lowest BCUT2D eigenvalue weighted by molar-refractivity contribution is 0.100. The van der Waals surface area contributed by atoms with Crippen LogP contribution in [0, 0.1) is 0 Å². The molecule has 0 saturated carbocycles. The minimum absolute atomic E-state index is 0.337. The van der Waals surface area contributed by atoms with Crippen molar-refractivity contribution in [3.05, 3.63) is 50.9 Å². The third-order valence-corrected chi connectivity index (χ3v) is 5.43. The predicted octanol–water partition coefficient (Wildman–Crippen LogP) is 3.99. The lowest BCUT2D eigenvalue weighted by Crippen LogP contribution is -2.16. The first-order chi connectivity index (χ1) is 10.2. The van der Waals surface area contributed by atoms with Crippen LogP contribution >= 0.6 is 22.9 Å². The molecule has 21 heavy (non-hydrogen) atoms. The Balaban J connectivity index is 1.87. The number of fused-ring (bicyclic) bond motifs is 1. The monoisotopic (exact) mass is 320 g/mol. The van der Waals surface area contributed by atoms with Gasteiger partial charge in [0.1, 0.15) is 5.00 Å². The molecule has 3 nitrogen and oxygen atoms in total. The van der Waals surface area contributed by atoms with Gasteiger partial charge in [-0.05, 0) is 42.9 Å². The number of amides is 1. The second-order valence-corrected chi connectivity index (χ2v) is 6.74. The van der Waals surface area contributed by atoms with Gasteiger partial charge < -0.3 is 11.1 Å². The minimum Gasteiger partial charge on any atom is -0.372 e. The number of carbonyl (C=O) groups excluding carboxylic acids is 1. The van der Waals surface area contributed by atoms with Crippen LogP contribution in [0.25, 0.3) is 0 Å². The van der Waals surface area contributed by atoms with E-state index in [9.17, 15) is 4.79 Å². The number of thiophene rings is 1. The zero-order chi connectivity index (χ0) is 14.8. The number of rotatable bonds is 4. The SMILES string of the molecule is NC(=O)c1c(NCc2ccccc2Cl)sc2c1CCCC2. The first kappa shape index (κ1) is 14.4. The van der Waals surface area contributed by atoms with Gasteiger partial charge in [0.2, 0.25) is 0 Å². The van der Waals surface area contributed by atoms with E-state index < -0.39 is 0 Å². The van der Waals surface area contributed by atoms with Crippen LogP contribution in [0.5, 0.6) is 0 Å². The van der Waals surface area contributed by atoms with Crippen molar-refractivity contribution in [2.75, 3.05) is 5.32 Å². The summed E-state index contributed by atoms with van der Waals surface area (Å²) in [5, 5.41) is 4.95. The minimum atomic E-state index is -0.337. The molecule has 2 aromatic rings. The highest BCUT2D eigenvalue weighted by Gasteiger charge is 2.23. The molecule has 1 heterocycles. The molecular formula is C16H17ClN2OS. The number of nitrogens with two attached hydrogens (primary N) is 1. The van der Waals surface area contributed by atoms with Crippen molar-refractivity contribution in [2.24, 2.45) is 5.73 Å². The highest BCUT2D eigenvalue weighted by molar-refractivity contribution is 7.16. The molecule has 3 rings (SSSR count). The molecule has 0 fully saturated rings. The van der Waals surface area contributed by atoms with Crippen molar-refractivity contribution in [3.8, 4) is 0 Å². The Hall–Kier alpha value is -1.52. The zero-order valence-electron chi connectivity index (χ0n) is 11.6. The number of anilines is 1. The molecule has 3 N–H and O–H groups in total. The average Bonchev–Trinajstić information content (AvgIpc) is 2.85. The van der Waals surface area contributed by atoms with Gasteiger partial charge >= 0.3 is 0 Å². The van der Waals surface area contributed by atoms with Gasteiger partial charge in [0, 0.05) is 16.4 Å². The molecule has 1 amide bonds. The molecule has 0 radical (unpaired) electrons. The fourth-order valence-corrected chi connectivity index (χ4v) is 4.26. The van der Waals surface area contributed by atoms with E-state index >= 15 is 0 Å². The first-order valence-electron chi connectivity index (χ1n) is 7.08. The summed E-state index contributed by atoms with van der Waals surface area (Å²) >= 11 is 7.83. The first-order valence-corrected chi connectivity index (χ1v) is 8.28. The Morgan fingerprint density at radius 2 is 2.05 bits per heavy atom. The molecule has 110 valence electrons. The molecule has 0 unspecified atom stereocenters. The fraction of sp³-hybridized carbons (Fsp3) is 0.312. The Kier molecular flexibility index (Phi) is 4.17. The van der Waals surface area contributed by atoms with Crippen molar-refractivity contribution in [1.29, 1.82) is 0 Å². The summed E-state index contributed by atoms with van der Waals surface area (Å²) in [5.41, 5.74) is 8.43. The van der Waals surface area contributed by atoms with Crippen LogP contribution in [-0.2, 0) is 19.4 Å². The number of hydrogen-bond acceptors (Lipinski definition) is 3. The van der Waals surface area contributed by atoms with Crippen molar-refractivity contribution in [2.45, 2.75) is 32.2 Å². The molecule has 0 spiro atoms. The van der Waals surface area contributed by atoms with Crippen LogP contribution in [0.4, 0.5) is 5.00 Å². The van der Waals surface area contributed by atoms with Crippen LogP contribution in [0.3, 0.4) is 0 Å². The molecule has 0 bridgehead atoms. The average molecular weight is 321 g/mol. The normalized spacial score (nSPS) is 13.8. The summed E-state index contributed by atoms with van der Waals surface area (Å²) < 4.78 is 0. The summed E-state index contributed by atoms with van der Waals surface area (Å²) in [6.45, 7) is 0.597. The van der Waals surface area contributed by atoms with Crippen LogP contribution in [-0.4, -0.2) is 5.91 Å². The maximum atomic E-state index is 11.8. The molecule has 1 aliphatic rings. The summed E-state index contributed by atoms with van der Waals surface area (Å²) in [6, 6.07) is 7.71. The predicted molar refractivity (Wildman–Crippen MR) is 88.3 cm³/mol. The number of benzene rings is 1. The molecule has 0 atom stereocenters. The van der Waals surface area contributed by atoms with E-state index in [1.807, 2.05) is 24.3 Å². The van der Waals surface area contributed by atoms with E-state index in [2.05, 4.69) is 5.32 Å². The second kappa shape index (κ2) is 6.08. The maximum absolute atomic E-state index is 11.8. The molecule has 0 saturated heterocycles. The lowest BCUT2D eigenvalue weighted by Gasteiger charge is -2.11. The Morgan fingerprint density at radius 1 is 1.29 bits per heavy atom. The largest absolute Gasteiger partial charge is 0.372 e. The number of carbonyl (C=O) groups is 1. The van der Waals surface area contributed by atoms with Crippen molar-refractivity contribution in [1.82, 2.24) is 0 Å².